The van der Waals surface area contributed by atoms with E-state index in [1.54, 1.807) is 12.1 Å². The first-order valence-electron chi connectivity index (χ1n) is 7.15. The number of ketones is 1. The van der Waals surface area contributed by atoms with Crippen molar-refractivity contribution in [3.05, 3.63) is 49.6 Å². The average molecular weight is 467 g/mol. The summed E-state index contributed by atoms with van der Waals surface area (Å²) in [5.74, 6) is -3.61. The molecular formula is C16H11BrClF2NO4S. The zero-order chi connectivity index (χ0) is 19.3. The Morgan fingerprint density at radius 1 is 1.19 bits per heavy atom. The fraction of sp³-hybridized carbons (Fsp3) is 0.188. The van der Waals surface area contributed by atoms with Crippen LogP contribution in [0.4, 0.5) is 14.5 Å². The van der Waals surface area contributed by atoms with Crippen LogP contribution in [0.3, 0.4) is 0 Å². The summed E-state index contributed by atoms with van der Waals surface area (Å²) in [6, 6.07) is 4.72. The molecule has 0 radical (unpaired) electrons. The molecule has 0 saturated heterocycles. The molecule has 0 saturated carbocycles. The lowest BCUT2D eigenvalue weighted by atomic mass is 10.2. The van der Waals surface area contributed by atoms with Crippen molar-refractivity contribution in [1.82, 2.24) is 0 Å². The Balaban J connectivity index is 1.78. The van der Waals surface area contributed by atoms with Crippen molar-refractivity contribution in [2.45, 2.75) is 12.8 Å². The Bertz CT molecular complexity index is 836. The van der Waals surface area contributed by atoms with Crippen LogP contribution in [0.25, 0.3) is 0 Å². The minimum atomic E-state index is -0.975. The van der Waals surface area contributed by atoms with E-state index in [2.05, 4.69) is 21.2 Å². The Morgan fingerprint density at radius 2 is 1.92 bits per heavy atom. The number of benzene rings is 1. The molecule has 0 aliphatic carbocycles. The number of rotatable bonds is 7. The summed E-state index contributed by atoms with van der Waals surface area (Å²) in [7, 11) is 0. The molecule has 1 N–H and O–H groups in total. The second-order valence-corrected chi connectivity index (χ2v) is 7.55. The van der Waals surface area contributed by atoms with Crippen LogP contribution in [-0.4, -0.2) is 24.3 Å². The highest BCUT2D eigenvalue weighted by molar-refractivity contribution is 9.10. The van der Waals surface area contributed by atoms with E-state index in [0.717, 1.165) is 17.4 Å². The monoisotopic (exact) mass is 465 g/mol. The van der Waals surface area contributed by atoms with Gasteiger partial charge in [-0.25, -0.2) is 8.78 Å². The van der Waals surface area contributed by atoms with E-state index in [0.29, 0.717) is 15.3 Å². The highest BCUT2D eigenvalue weighted by Crippen LogP contribution is 2.27. The molecule has 0 aliphatic rings. The molecule has 0 atom stereocenters. The molecule has 1 heterocycles. The molecular weight excluding hydrogens is 456 g/mol. The molecule has 0 aliphatic heterocycles. The van der Waals surface area contributed by atoms with Gasteiger partial charge in [-0.2, -0.15) is 0 Å². The lowest BCUT2D eigenvalue weighted by Gasteiger charge is -2.09. The molecule has 10 heteroatoms. The van der Waals surface area contributed by atoms with E-state index in [1.807, 2.05) is 0 Å². The van der Waals surface area contributed by atoms with Crippen LogP contribution in [0.5, 0.6) is 0 Å². The molecule has 138 valence electrons. The number of Topliss-reactive ketones (excluding diaryl/α,β-unsaturated/α-hetero) is 1. The minimum absolute atomic E-state index is 0.00915. The normalized spacial score (nSPS) is 10.5. The van der Waals surface area contributed by atoms with Gasteiger partial charge < -0.3 is 10.1 Å². The van der Waals surface area contributed by atoms with Crippen molar-refractivity contribution >= 4 is 62.2 Å². The van der Waals surface area contributed by atoms with Crippen molar-refractivity contribution in [2.75, 3.05) is 11.9 Å². The van der Waals surface area contributed by atoms with E-state index < -0.39 is 30.1 Å². The summed E-state index contributed by atoms with van der Waals surface area (Å²) in [5.41, 5.74) is -0.266. The first-order valence-corrected chi connectivity index (χ1v) is 9.13. The summed E-state index contributed by atoms with van der Waals surface area (Å²) in [5, 5.41) is 2.17. The minimum Gasteiger partial charge on any atom is -0.456 e. The SMILES string of the molecule is O=C(COC(=O)CCC(=O)c1ccc(Cl)s1)Nc1c(F)cc(F)cc1Br. The molecule has 0 bridgehead atoms. The molecule has 0 unspecified atom stereocenters. The number of ether oxygens (including phenoxy) is 1. The maximum Gasteiger partial charge on any atom is 0.306 e. The maximum absolute atomic E-state index is 13.6. The Morgan fingerprint density at radius 3 is 2.54 bits per heavy atom. The van der Waals surface area contributed by atoms with Crippen LogP contribution < -0.4 is 5.32 Å². The van der Waals surface area contributed by atoms with Gasteiger partial charge in [-0.15, -0.1) is 11.3 Å². The first-order chi connectivity index (χ1) is 12.3. The number of carbonyl (C=O) groups is 3. The maximum atomic E-state index is 13.6. The summed E-state index contributed by atoms with van der Waals surface area (Å²) in [4.78, 5) is 35.6. The second kappa shape index (κ2) is 9.20. The van der Waals surface area contributed by atoms with Gasteiger partial charge in [0, 0.05) is 17.0 Å². The standard InChI is InChI=1S/C16H11BrClF2NO4S/c17-9-5-8(19)6-10(20)16(9)21-14(23)7-25-15(24)4-1-11(22)12-2-3-13(18)26-12/h2-3,5-6H,1,4,7H2,(H,21,23). The summed E-state index contributed by atoms with van der Waals surface area (Å²) in [6.45, 7) is -0.666. The molecule has 1 aromatic carbocycles. The highest BCUT2D eigenvalue weighted by atomic mass is 79.9. The smallest absolute Gasteiger partial charge is 0.306 e. The predicted molar refractivity (Wildman–Crippen MR) is 96.5 cm³/mol. The lowest BCUT2D eigenvalue weighted by Crippen LogP contribution is -2.22. The van der Waals surface area contributed by atoms with Crippen LogP contribution in [0.1, 0.15) is 22.5 Å². The highest BCUT2D eigenvalue weighted by Gasteiger charge is 2.16. The van der Waals surface area contributed by atoms with Gasteiger partial charge >= 0.3 is 5.97 Å². The molecule has 26 heavy (non-hydrogen) atoms. The molecule has 0 fully saturated rings. The van der Waals surface area contributed by atoms with Gasteiger partial charge in [-0.05, 0) is 34.1 Å². The Hall–Kier alpha value is -1.84. The summed E-state index contributed by atoms with van der Waals surface area (Å²) >= 11 is 9.75. The van der Waals surface area contributed by atoms with Crippen molar-refractivity contribution in [2.24, 2.45) is 0 Å². The number of esters is 1. The molecule has 1 amide bonds. The third-order valence-corrected chi connectivity index (χ3v) is 4.94. The van der Waals surface area contributed by atoms with Crippen LogP contribution >= 0.6 is 38.9 Å². The van der Waals surface area contributed by atoms with Crippen molar-refractivity contribution in [3.63, 3.8) is 0 Å². The fourth-order valence-electron chi connectivity index (χ4n) is 1.86. The molecule has 2 rings (SSSR count). The van der Waals surface area contributed by atoms with Crippen molar-refractivity contribution in [1.29, 1.82) is 0 Å². The van der Waals surface area contributed by atoms with Crippen molar-refractivity contribution < 1.29 is 27.9 Å². The molecule has 0 spiro atoms. The van der Waals surface area contributed by atoms with Gasteiger partial charge in [-0.3, -0.25) is 14.4 Å². The first kappa shape index (κ1) is 20.5. The number of nitrogens with one attached hydrogen (secondary N) is 1. The van der Waals surface area contributed by atoms with E-state index in [-0.39, 0.29) is 28.8 Å². The molecule has 1 aromatic heterocycles. The molecule has 2 aromatic rings. The van der Waals surface area contributed by atoms with Crippen LogP contribution in [0, 0.1) is 11.6 Å². The van der Waals surface area contributed by atoms with E-state index >= 15 is 0 Å². The van der Waals surface area contributed by atoms with Gasteiger partial charge in [0.15, 0.2) is 18.2 Å². The fourth-order valence-corrected chi connectivity index (χ4v) is 3.38. The van der Waals surface area contributed by atoms with Gasteiger partial charge in [0.1, 0.15) is 5.82 Å². The Labute approximate surface area is 164 Å². The Kier molecular flexibility index (Phi) is 7.24. The summed E-state index contributed by atoms with van der Waals surface area (Å²) < 4.78 is 31.8. The zero-order valence-corrected chi connectivity index (χ0v) is 16.1. The van der Waals surface area contributed by atoms with Gasteiger partial charge in [-0.1, -0.05) is 11.6 Å². The second-order valence-electron chi connectivity index (χ2n) is 4.98. The van der Waals surface area contributed by atoms with E-state index in [4.69, 9.17) is 16.3 Å². The van der Waals surface area contributed by atoms with Gasteiger partial charge in [0.25, 0.3) is 5.91 Å². The van der Waals surface area contributed by atoms with Crippen molar-refractivity contribution in [3.8, 4) is 0 Å². The number of carbonyl (C=O) groups excluding carboxylic acids is 3. The third-order valence-electron chi connectivity index (χ3n) is 3.04. The van der Waals surface area contributed by atoms with Crippen LogP contribution in [0.2, 0.25) is 4.34 Å². The zero-order valence-electron chi connectivity index (χ0n) is 13.0. The van der Waals surface area contributed by atoms with E-state index in [1.165, 1.54) is 0 Å². The van der Waals surface area contributed by atoms with Crippen LogP contribution in [0.15, 0.2) is 28.7 Å². The lowest BCUT2D eigenvalue weighted by molar-refractivity contribution is -0.147. The van der Waals surface area contributed by atoms with Gasteiger partial charge in [0.05, 0.1) is 21.3 Å². The van der Waals surface area contributed by atoms with Gasteiger partial charge in [0.2, 0.25) is 0 Å². The number of hydrogen-bond acceptors (Lipinski definition) is 5. The average Bonchev–Trinajstić information content (AvgIpc) is 3.00. The quantitative estimate of drug-likeness (QED) is 0.479. The molecule has 5 nitrogen and oxygen atoms in total. The number of hydrogen-bond donors (Lipinski definition) is 1. The number of amides is 1. The largest absolute Gasteiger partial charge is 0.456 e. The number of thiophene rings is 1. The number of halogens is 4. The topological polar surface area (TPSA) is 72.5 Å². The third kappa shape index (κ3) is 5.86. The predicted octanol–water partition coefficient (Wildman–Crippen LogP) is 4.59. The van der Waals surface area contributed by atoms with E-state index in [9.17, 15) is 23.2 Å². The number of anilines is 1. The van der Waals surface area contributed by atoms with Crippen LogP contribution in [-0.2, 0) is 14.3 Å². The summed E-state index contributed by atoms with van der Waals surface area (Å²) in [6.07, 6.45) is -0.300.